The Hall–Kier alpha value is -2.04. The second kappa shape index (κ2) is 7.29. The van der Waals surface area contributed by atoms with E-state index < -0.39 is 0 Å². The van der Waals surface area contributed by atoms with Crippen LogP contribution >= 0.6 is 11.6 Å². The number of hydrogen-bond donors (Lipinski definition) is 1. The Morgan fingerprint density at radius 2 is 1.65 bits per heavy atom. The Labute approximate surface area is 160 Å². The first-order valence-corrected chi connectivity index (χ1v) is 9.76. The minimum atomic E-state index is -0.0189. The van der Waals surface area contributed by atoms with Gasteiger partial charge in [0.2, 0.25) is 0 Å². The number of rotatable bonds is 3. The van der Waals surface area contributed by atoms with Crippen LogP contribution in [-0.4, -0.2) is 44.7 Å². The molecule has 5 heteroatoms. The summed E-state index contributed by atoms with van der Waals surface area (Å²) >= 11 is 6.33. The average Bonchev–Trinajstić information content (AvgIpc) is 3.11. The van der Waals surface area contributed by atoms with Gasteiger partial charge in [-0.05, 0) is 37.1 Å². The number of piperazine rings is 1. The van der Waals surface area contributed by atoms with E-state index in [4.69, 9.17) is 11.6 Å². The van der Waals surface area contributed by atoms with E-state index in [0.29, 0.717) is 0 Å². The summed E-state index contributed by atoms with van der Waals surface area (Å²) in [7, 11) is 0. The van der Waals surface area contributed by atoms with Gasteiger partial charge in [0.1, 0.15) is 0 Å². The molecule has 4 rings (SSSR count). The van der Waals surface area contributed by atoms with Crippen LogP contribution in [0.15, 0.2) is 48.5 Å². The molecule has 2 aliphatic rings. The average molecular weight is 371 g/mol. The third kappa shape index (κ3) is 3.19. The van der Waals surface area contributed by atoms with Gasteiger partial charge < -0.3 is 14.7 Å². The highest BCUT2D eigenvalue weighted by atomic mass is 35.5. The highest BCUT2D eigenvalue weighted by molar-refractivity contribution is 6.33. The zero-order valence-electron chi connectivity index (χ0n) is 15.1. The molecule has 1 fully saturated rings. The largest absolute Gasteiger partial charge is 0.359 e. The van der Waals surface area contributed by atoms with Crippen LogP contribution in [0.5, 0.6) is 0 Å². The minimum absolute atomic E-state index is 0.0189. The van der Waals surface area contributed by atoms with Crippen molar-refractivity contribution >= 4 is 28.9 Å². The first kappa shape index (κ1) is 17.4. The maximum absolute atomic E-state index is 13.1. The van der Waals surface area contributed by atoms with Crippen molar-refractivity contribution in [3.05, 3.63) is 59.1 Å². The van der Waals surface area contributed by atoms with Gasteiger partial charge in [-0.3, -0.25) is 4.79 Å². The van der Waals surface area contributed by atoms with Gasteiger partial charge in [0.05, 0.1) is 36.9 Å². The standard InChI is InChI=1S/C21H24ClN3O/c1-16(21(26)25-11-10-17-6-2-4-8-19(17)25)23-12-14-24(15-13-23)20-9-5-3-7-18(20)22/h2-9,16H,10-15H2,1H3/p+1/t16-/m1/s1. The summed E-state index contributed by atoms with van der Waals surface area (Å²) in [5, 5.41) is 0.800. The van der Waals surface area contributed by atoms with Gasteiger partial charge in [0.25, 0.3) is 5.91 Å². The monoisotopic (exact) mass is 370 g/mol. The number of carbonyl (C=O) groups is 1. The van der Waals surface area contributed by atoms with Gasteiger partial charge in [0.15, 0.2) is 6.04 Å². The molecule has 1 N–H and O–H groups in total. The number of amides is 1. The van der Waals surface area contributed by atoms with Gasteiger partial charge in [-0.1, -0.05) is 41.9 Å². The number of benzene rings is 2. The van der Waals surface area contributed by atoms with Crippen LogP contribution in [0.25, 0.3) is 0 Å². The number of anilines is 2. The molecule has 0 spiro atoms. The SMILES string of the molecule is C[C@H](C(=O)N1CCc2ccccc21)[NH+]1CCN(c2ccccc2Cl)CC1. The number of quaternary nitrogens is 1. The number of nitrogens with one attached hydrogen (secondary N) is 1. The molecule has 0 aromatic heterocycles. The molecule has 0 unspecified atom stereocenters. The van der Waals surface area contributed by atoms with Crippen molar-refractivity contribution in [2.45, 2.75) is 19.4 Å². The zero-order valence-corrected chi connectivity index (χ0v) is 15.9. The lowest BCUT2D eigenvalue weighted by Gasteiger charge is -2.37. The third-order valence-electron chi connectivity index (χ3n) is 5.73. The van der Waals surface area contributed by atoms with Crippen LogP contribution in [-0.2, 0) is 11.2 Å². The maximum atomic E-state index is 13.1. The minimum Gasteiger partial charge on any atom is -0.359 e. The van der Waals surface area contributed by atoms with Crippen molar-refractivity contribution in [3.63, 3.8) is 0 Å². The molecule has 2 heterocycles. The number of fused-ring (bicyclic) bond motifs is 1. The molecular formula is C21H25ClN3O+. The normalized spacial score (nSPS) is 18.7. The lowest BCUT2D eigenvalue weighted by Crippen LogP contribution is -3.19. The highest BCUT2D eigenvalue weighted by Gasteiger charge is 2.35. The maximum Gasteiger partial charge on any atom is 0.284 e. The highest BCUT2D eigenvalue weighted by Crippen LogP contribution is 2.28. The Morgan fingerprint density at radius 1 is 1.00 bits per heavy atom. The molecular weight excluding hydrogens is 346 g/mol. The summed E-state index contributed by atoms with van der Waals surface area (Å²) in [4.78, 5) is 18.8. The van der Waals surface area contributed by atoms with E-state index in [-0.39, 0.29) is 11.9 Å². The second-order valence-electron chi connectivity index (χ2n) is 7.19. The van der Waals surface area contributed by atoms with E-state index in [1.54, 1.807) is 0 Å². The van der Waals surface area contributed by atoms with Crippen molar-refractivity contribution in [1.29, 1.82) is 0 Å². The van der Waals surface area contributed by atoms with Gasteiger partial charge in [-0.15, -0.1) is 0 Å². The number of para-hydroxylation sites is 2. The molecule has 0 saturated carbocycles. The molecule has 0 radical (unpaired) electrons. The molecule has 26 heavy (non-hydrogen) atoms. The molecule has 2 aliphatic heterocycles. The van der Waals surface area contributed by atoms with E-state index >= 15 is 0 Å². The summed E-state index contributed by atoms with van der Waals surface area (Å²) in [6.07, 6.45) is 0.963. The quantitative estimate of drug-likeness (QED) is 0.895. The number of carbonyl (C=O) groups excluding carboxylic acids is 1. The van der Waals surface area contributed by atoms with E-state index in [2.05, 4.69) is 36.1 Å². The van der Waals surface area contributed by atoms with Gasteiger partial charge in [0, 0.05) is 12.2 Å². The van der Waals surface area contributed by atoms with Gasteiger partial charge >= 0.3 is 0 Å². The fourth-order valence-electron chi connectivity index (χ4n) is 4.15. The molecule has 136 valence electrons. The molecule has 1 amide bonds. The second-order valence-corrected chi connectivity index (χ2v) is 7.59. The van der Waals surface area contributed by atoms with Crippen molar-refractivity contribution in [2.24, 2.45) is 0 Å². The summed E-state index contributed by atoms with van der Waals surface area (Å²) in [6.45, 7) is 6.63. The lowest BCUT2D eigenvalue weighted by molar-refractivity contribution is -0.914. The predicted octanol–water partition coefficient (Wildman–Crippen LogP) is 2.02. The Morgan fingerprint density at radius 3 is 2.38 bits per heavy atom. The van der Waals surface area contributed by atoms with Crippen molar-refractivity contribution in [2.75, 3.05) is 42.5 Å². The Balaban J connectivity index is 1.40. The van der Waals surface area contributed by atoms with Crippen molar-refractivity contribution in [3.8, 4) is 0 Å². The topological polar surface area (TPSA) is 28.0 Å². The van der Waals surface area contributed by atoms with Gasteiger partial charge in [-0.25, -0.2) is 0 Å². The van der Waals surface area contributed by atoms with Gasteiger partial charge in [-0.2, -0.15) is 0 Å². The summed E-state index contributed by atoms with van der Waals surface area (Å²) < 4.78 is 0. The zero-order chi connectivity index (χ0) is 18.1. The van der Waals surface area contributed by atoms with Crippen LogP contribution in [0.2, 0.25) is 5.02 Å². The van der Waals surface area contributed by atoms with Crippen LogP contribution in [0, 0.1) is 0 Å². The lowest BCUT2D eigenvalue weighted by atomic mass is 10.1. The molecule has 0 aliphatic carbocycles. The first-order chi connectivity index (χ1) is 12.6. The van der Waals surface area contributed by atoms with E-state index in [1.807, 2.05) is 29.2 Å². The third-order valence-corrected chi connectivity index (χ3v) is 6.05. The molecule has 1 atom stereocenters. The van der Waals surface area contributed by atoms with Crippen molar-refractivity contribution in [1.82, 2.24) is 0 Å². The van der Waals surface area contributed by atoms with Crippen LogP contribution in [0.4, 0.5) is 11.4 Å². The predicted molar refractivity (Wildman–Crippen MR) is 106 cm³/mol. The van der Waals surface area contributed by atoms with Crippen LogP contribution in [0.1, 0.15) is 12.5 Å². The summed E-state index contributed by atoms with van der Waals surface area (Å²) in [6, 6.07) is 16.2. The fourth-order valence-corrected chi connectivity index (χ4v) is 4.41. The van der Waals surface area contributed by atoms with Crippen LogP contribution in [0.3, 0.4) is 0 Å². The first-order valence-electron chi connectivity index (χ1n) is 9.38. The molecule has 4 nitrogen and oxygen atoms in total. The fraction of sp³-hybridized carbons (Fsp3) is 0.381. The number of hydrogen-bond acceptors (Lipinski definition) is 2. The van der Waals surface area contributed by atoms with E-state index in [0.717, 1.165) is 55.5 Å². The summed E-state index contributed by atoms with van der Waals surface area (Å²) in [5.74, 6) is 0.246. The summed E-state index contributed by atoms with van der Waals surface area (Å²) in [5.41, 5.74) is 3.48. The van der Waals surface area contributed by atoms with Crippen molar-refractivity contribution < 1.29 is 9.69 Å². The molecule has 1 saturated heterocycles. The van der Waals surface area contributed by atoms with E-state index in [1.165, 1.54) is 10.5 Å². The Kier molecular flexibility index (Phi) is 4.88. The number of halogens is 1. The van der Waals surface area contributed by atoms with E-state index in [9.17, 15) is 4.79 Å². The molecule has 0 bridgehead atoms. The number of nitrogens with zero attached hydrogens (tertiary/aromatic N) is 2. The molecule has 2 aromatic rings. The van der Waals surface area contributed by atoms with Crippen LogP contribution < -0.4 is 14.7 Å². The smallest absolute Gasteiger partial charge is 0.284 e. The Bertz CT molecular complexity index is 801. The molecule has 2 aromatic carbocycles.